The summed E-state index contributed by atoms with van der Waals surface area (Å²) in [5, 5.41) is 0. The van der Waals surface area contributed by atoms with Crippen molar-refractivity contribution in [3.63, 3.8) is 0 Å². The lowest BCUT2D eigenvalue weighted by Crippen LogP contribution is -2.36. The third-order valence-electron chi connectivity index (χ3n) is 6.14. The summed E-state index contributed by atoms with van der Waals surface area (Å²) < 4.78 is 3.58. The highest BCUT2D eigenvalue weighted by atomic mass is 16.1. The van der Waals surface area contributed by atoms with Gasteiger partial charge in [-0.1, -0.05) is 18.2 Å². The van der Waals surface area contributed by atoms with Crippen molar-refractivity contribution >= 4 is 0 Å². The average Bonchev–Trinajstić information content (AvgIpc) is 3.03. The van der Waals surface area contributed by atoms with E-state index in [1.165, 1.54) is 0 Å². The van der Waals surface area contributed by atoms with Gasteiger partial charge in [0.15, 0.2) is 0 Å². The van der Waals surface area contributed by atoms with E-state index in [9.17, 15) is 9.59 Å². The van der Waals surface area contributed by atoms with E-state index in [1.54, 1.807) is 17.1 Å². The Morgan fingerprint density at radius 2 is 1.91 bits per heavy atom. The number of aromatic amines is 1. The molecule has 0 fully saturated rings. The highest BCUT2D eigenvalue weighted by Crippen LogP contribution is 2.20. The quantitative estimate of drug-likeness (QED) is 0.538. The molecular weight excluding hydrogens is 404 g/mol. The molecule has 32 heavy (non-hydrogen) atoms. The molecule has 0 aliphatic carbocycles. The number of hydrogen-bond donors (Lipinski definition) is 1. The van der Waals surface area contributed by atoms with E-state index in [1.807, 2.05) is 61.1 Å². The SMILES string of the molecule is Cc1c(CN2CCc3nc(-c4cccnc4)[nH]c(=O)c3C2)c(=O)n(-c2ccccc2)n1C. The van der Waals surface area contributed by atoms with Crippen LogP contribution in [-0.2, 0) is 26.6 Å². The molecule has 5 rings (SSSR count). The van der Waals surface area contributed by atoms with Crippen LogP contribution >= 0.6 is 0 Å². The molecule has 0 atom stereocenters. The van der Waals surface area contributed by atoms with Crippen LogP contribution in [0.2, 0.25) is 0 Å². The Morgan fingerprint density at radius 1 is 1.09 bits per heavy atom. The number of nitrogens with one attached hydrogen (secondary N) is 1. The second kappa shape index (κ2) is 8.05. The number of pyridine rings is 1. The minimum Gasteiger partial charge on any atom is -0.306 e. The summed E-state index contributed by atoms with van der Waals surface area (Å²) in [6.07, 6.45) is 4.04. The number of H-pyrrole nitrogens is 1. The van der Waals surface area contributed by atoms with Gasteiger partial charge < -0.3 is 4.98 Å². The fourth-order valence-corrected chi connectivity index (χ4v) is 4.28. The van der Waals surface area contributed by atoms with E-state index in [0.29, 0.717) is 30.9 Å². The maximum atomic E-state index is 13.2. The van der Waals surface area contributed by atoms with Crippen LogP contribution in [0.25, 0.3) is 17.1 Å². The molecule has 162 valence electrons. The smallest absolute Gasteiger partial charge is 0.276 e. The van der Waals surface area contributed by atoms with Crippen molar-refractivity contribution < 1.29 is 0 Å². The zero-order valence-electron chi connectivity index (χ0n) is 18.1. The average molecular weight is 428 g/mol. The van der Waals surface area contributed by atoms with Gasteiger partial charge in [0.1, 0.15) is 5.82 Å². The van der Waals surface area contributed by atoms with E-state index >= 15 is 0 Å². The number of aromatic nitrogens is 5. The standard InChI is InChI=1S/C24H24N6O2/c1-16-19(24(32)30(28(16)2)18-8-4-3-5-9-18)14-29-12-10-21-20(15-29)23(31)27-22(26-21)17-7-6-11-25-13-17/h3-9,11,13H,10,12,14-15H2,1-2H3,(H,26,27,31). The van der Waals surface area contributed by atoms with Crippen molar-refractivity contribution in [1.82, 2.24) is 29.2 Å². The first-order valence-corrected chi connectivity index (χ1v) is 10.6. The van der Waals surface area contributed by atoms with Gasteiger partial charge in [0.2, 0.25) is 0 Å². The van der Waals surface area contributed by atoms with Crippen LogP contribution in [0.3, 0.4) is 0 Å². The first-order valence-electron chi connectivity index (χ1n) is 10.6. The van der Waals surface area contributed by atoms with Gasteiger partial charge >= 0.3 is 0 Å². The first kappa shape index (κ1) is 20.1. The van der Waals surface area contributed by atoms with Crippen LogP contribution in [0.5, 0.6) is 0 Å². The van der Waals surface area contributed by atoms with Gasteiger partial charge in [-0.15, -0.1) is 0 Å². The molecule has 0 radical (unpaired) electrons. The summed E-state index contributed by atoms with van der Waals surface area (Å²) in [5.74, 6) is 0.542. The Balaban J connectivity index is 1.43. The van der Waals surface area contributed by atoms with Gasteiger partial charge in [-0.25, -0.2) is 9.67 Å². The molecule has 4 heterocycles. The van der Waals surface area contributed by atoms with Crippen molar-refractivity contribution in [2.45, 2.75) is 26.4 Å². The highest BCUT2D eigenvalue weighted by Gasteiger charge is 2.24. The summed E-state index contributed by atoms with van der Waals surface area (Å²) in [4.78, 5) is 39.9. The predicted molar refractivity (Wildman–Crippen MR) is 122 cm³/mol. The molecule has 1 aromatic carbocycles. The first-order chi connectivity index (χ1) is 15.5. The number of benzene rings is 1. The van der Waals surface area contributed by atoms with E-state index in [-0.39, 0.29) is 11.1 Å². The van der Waals surface area contributed by atoms with Crippen molar-refractivity contribution in [2.24, 2.45) is 7.05 Å². The fourth-order valence-electron chi connectivity index (χ4n) is 4.28. The molecule has 1 N–H and O–H groups in total. The van der Waals surface area contributed by atoms with Crippen molar-refractivity contribution in [3.05, 3.63) is 98.1 Å². The molecule has 1 aliphatic heterocycles. The number of nitrogens with zero attached hydrogens (tertiary/aromatic N) is 5. The summed E-state index contributed by atoms with van der Waals surface area (Å²) >= 11 is 0. The molecule has 0 saturated heterocycles. The van der Waals surface area contributed by atoms with E-state index in [2.05, 4.69) is 19.9 Å². The zero-order chi connectivity index (χ0) is 22.2. The number of hydrogen-bond acceptors (Lipinski definition) is 5. The van der Waals surface area contributed by atoms with Crippen molar-refractivity contribution in [1.29, 1.82) is 0 Å². The minimum atomic E-state index is -0.134. The molecular formula is C24H24N6O2. The molecule has 8 heteroatoms. The van der Waals surface area contributed by atoms with Crippen molar-refractivity contribution in [3.8, 4) is 17.1 Å². The third-order valence-corrected chi connectivity index (χ3v) is 6.14. The molecule has 8 nitrogen and oxygen atoms in total. The fraction of sp³-hybridized carbons (Fsp3) is 0.250. The van der Waals surface area contributed by atoms with Gasteiger partial charge in [0, 0.05) is 56.8 Å². The largest absolute Gasteiger partial charge is 0.306 e. The molecule has 0 bridgehead atoms. The molecule has 3 aromatic heterocycles. The van der Waals surface area contributed by atoms with Crippen LogP contribution < -0.4 is 11.1 Å². The van der Waals surface area contributed by atoms with Gasteiger partial charge in [0.05, 0.1) is 22.5 Å². The van der Waals surface area contributed by atoms with Gasteiger partial charge in [0.25, 0.3) is 11.1 Å². The van der Waals surface area contributed by atoms with Crippen LogP contribution in [0.4, 0.5) is 0 Å². The Bertz CT molecular complexity index is 1390. The highest BCUT2D eigenvalue weighted by molar-refractivity contribution is 5.53. The Hall–Kier alpha value is -3.78. The van der Waals surface area contributed by atoms with Crippen LogP contribution in [0.15, 0.2) is 64.4 Å². The molecule has 1 aliphatic rings. The summed E-state index contributed by atoms with van der Waals surface area (Å²) in [7, 11) is 1.90. The molecule has 0 spiro atoms. The Kier molecular flexibility index (Phi) is 5.07. The number of rotatable bonds is 4. The van der Waals surface area contributed by atoms with Gasteiger partial charge in [-0.3, -0.25) is 24.2 Å². The Labute approximate surface area is 184 Å². The van der Waals surface area contributed by atoms with E-state index in [0.717, 1.165) is 34.7 Å². The topological polar surface area (TPSA) is 88.8 Å². The second-order valence-electron chi connectivity index (χ2n) is 8.08. The van der Waals surface area contributed by atoms with Crippen LogP contribution in [0, 0.1) is 6.92 Å². The van der Waals surface area contributed by atoms with Crippen LogP contribution in [-0.4, -0.2) is 35.8 Å². The lowest BCUT2D eigenvalue weighted by atomic mass is 10.1. The molecule has 0 amide bonds. The summed E-state index contributed by atoms with van der Waals surface area (Å²) in [5.41, 5.74) is 4.61. The normalized spacial score (nSPS) is 13.8. The number of para-hydroxylation sites is 1. The van der Waals surface area contributed by atoms with E-state index < -0.39 is 0 Å². The Morgan fingerprint density at radius 3 is 2.66 bits per heavy atom. The summed E-state index contributed by atoms with van der Waals surface area (Å²) in [6, 6.07) is 13.3. The second-order valence-corrected chi connectivity index (χ2v) is 8.08. The monoisotopic (exact) mass is 428 g/mol. The summed E-state index contributed by atoms with van der Waals surface area (Å²) in [6.45, 7) is 3.64. The van der Waals surface area contributed by atoms with E-state index in [4.69, 9.17) is 0 Å². The van der Waals surface area contributed by atoms with Crippen LogP contribution in [0.1, 0.15) is 22.5 Å². The molecule has 0 unspecified atom stereocenters. The zero-order valence-corrected chi connectivity index (χ0v) is 18.1. The maximum absolute atomic E-state index is 13.2. The number of fused-ring (bicyclic) bond motifs is 1. The maximum Gasteiger partial charge on any atom is 0.276 e. The van der Waals surface area contributed by atoms with Gasteiger partial charge in [-0.2, -0.15) is 0 Å². The molecule has 4 aromatic rings. The predicted octanol–water partition coefficient (Wildman–Crippen LogP) is 2.19. The minimum absolute atomic E-state index is 0.0269. The lowest BCUT2D eigenvalue weighted by Gasteiger charge is -2.27. The van der Waals surface area contributed by atoms with Crippen molar-refractivity contribution in [2.75, 3.05) is 6.54 Å². The lowest BCUT2D eigenvalue weighted by molar-refractivity contribution is 0.240. The van der Waals surface area contributed by atoms with Gasteiger partial charge in [-0.05, 0) is 31.2 Å². The molecule has 0 saturated carbocycles. The third kappa shape index (κ3) is 3.48.